The molecule has 140 valence electrons. The summed E-state index contributed by atoms with van der Waals surface area (Å²) < 4.78 is 1.02. The lowest BCUT2D eigenvalue weighted by Crippen LogP contribution is -2.23. The number of phenols is 1. The van der Waals surface area contributed by atoms with E-state index in [4.69, 9.17) is 0 Å². The van der Waals surface area contributed by atoms with E-state index in [1.807, 2.05) is 24.3 Å². The van der Waals surface area contributed by atoms with Gasteiger partial charge in [0.2, 0.25) is 11.8 Å². The molecule has 1 aliphatic heterocycles. The maximum absolute atomic E-state index is 12.3. The van der Waals surface area contributed by atoms with Crippen molar-refractivity contribution >= 4 is 46.5 Å². The highest BCUT2D eigenvalue weighted by Crippen LogP contribution is 2.34. The third-order valence-electron chi connectivity index (χ3n) is 4.19. The molecule has 0 spiro atoms. The van der Waals surface area contributed by atoms with Gasteiger partial charge in [0.1, 0.15) is 12.3 Å². The highest BCUT2D eigenvalue weighted by Gasteiger charge is 2.18. The molecule has 3 aromatic rings. The number of carbonyl (C=O) groups excluding carboxylic acids is 1. The van der Waals surface area contributed by atoms with Crippen LogP contribution in [0.4, 0.5) is 11.4 Å². The Kier molecular flexibility index (Phi) is 4.54. The van der Waals surface area contributed by atoms with Crippen LogP contribution in [0, 0.1) is 0 Å². The molecule has 1 aromatic heterocycles. The van der Waals surface area contributed by atoms with Crippen LogP contribution in [0.25, 0.3) is 11.6 Å². The molecule has 2 aromatic carbocycles. The molecule has 1 aliphatic rings. The van der Waals surface area contributed by atoms with Gasteiger partial charge >= 0.3 is 4.87 Å². The summed E-state index contributed by atoms with van der Waals surface area (Å²) >= 11 is 0.859. The molecule has 4 rings (SSSR count). The summed E-state index contributed by atoms with van der Waals surface area (Å²) in [5, 5.41) is 22.3. The van der Waals surface area contributed by atoms with Crippen molar-refractivity contribution in [2.75, 3.05) is 5.32 Å². The van der Waals surface area contributed by atoms with Gasteiger partial charge in [-0.1, -0.05) is 29.5 Å². The molecule has 0 unspecified atom stereocenters. The Morgan fingerprint density at radius 2 is 1.89 bits per heavy atom. The molecule has 0 fully saturated rings. The minimum Gasteiger partial charge on any atom is -0.508 e. The van der Waals surface area contributed by atoms with Crippen LogP contribution in [0.3, 0.4) is 0 Å². The Balaban J connectivity index is 1.56. The second-order valence-electron chi connectivity index (χ2n) is 6.11. The van der Waals surface area contributed by atoms with Gasteiger partial charge in [-0.25, -0.2) is 0 Å². The first kappa shape index (κ1) is 17.7. The number of aliphatic imine (C=N–C) groups is 1. The normalized spacial score (nSPS) is 13.6. The Morgan fingerprint density at radius 3 is 2.68 bits per heavy atom. The van der Waals surface area contributed by atoms with Crippen molar-refractivity contribution in [3.63, 3.8) is 0 Å². The zero-order chi connectivity index (χ0) is 19.7. The van der Waals surface area contributed by atoms with Crippen molar-refractivity contribution in [2.45, 2.75) is 6.54 Å². The highest BCUT2D eigenvalue weighted by molar-refractivity contribution is 7.10. The third-order valence-corrected chi connectivity index (χ3v) is 5.11. The van der Waals surface area contributed by atoms with Crippen molar-refractivity contribution in [1.29, 1.82) is 0 Å². The molecule has 28 heavy (non-hydrogen) atoms. The molecule has 2 heterocycles. The number of hydrogen-bond acceptors (Lipinski definition) is 6. The first-order valence-corrected chi connectivity index (χ1v) is 9.19. The zero-order valence-corrected chi connectivity index (χ0v) is 15.3. The molecular weight excluding hydrogens is 378 g/mol. The monoisotopic (exact) mass is 393 g/mol. The van der Waals surface area contributed by atoms with Crippen molar-refractivity contribution in [1.82, 2.24) is 4.57 Å². The second-order valence-corrected chi connectivity index (χ2v) is 7.11. The Hall–Kier alpha value is -3.65. The number of rotatable bonds is 4. The molecule has 0 atom stereocenters. The predicted molar refractivity (Wildman–Crippen MR) is 109 cm³/mol. The molecule has 0 saturated heterocycles. The van der Waals surface area contributed by atoms with Crippen LogP contribution in [-0.4, -0.2) is 26.9 Å². The lowest BCUT2D eigenvalue weighted by molar-refractivity contribution is -0.116. The summed E-state index contributed by atoms with van der Waals surface area (Å²) in [4.78, 5) is 28.7. The predicted octanol–water partition coefficient (Wildman–Crippen LogP) is 3.22. The molecule has 1 amide bonds. The Labute approximate surface area is 163 Å². The number of hydrogen-bond donors (Lipinski definition) is 3. The third kappa shape index (κ3) is 3.45. The number of anilines is 1. The van der Waals surface area contributed by atoms with E-state index in [0.717, 1.165) is 32.7 Å². The minimum atomic E-state index is -0.465. The molecule has 0 saturated carbocycles. The summed E-state index contributed by atoms with van der Waals surface area (Å²) in [5.74, 6) is -0.645. The van der Waals surface area contributed by atoms with E-state index in [2.05, 4.69) is 10.3 Å². The number of allylic oxidation sites excluding steroid dienone is 1. The number of benzene rings is 2. The first-order valence-electron chi connectivity index (χ1n) is 8.38. The number of amides is 1. The van der Waals surface area contributed by atoms with Crippen LogP contribution < -0.4 is 10.2 Å². The van der Waals surface area contributed by atoms with E-state index in [0.29, 0.717) is 10.6 Å². The molecule has 3 N–H and O–H groups in total. The van der Waals surface area contributed by atoms with Gasteiger partial charge in [0.25, 0.3) is 0 Å². The fourth-order valence-electron chi connectivity index (χ4n) is 2.83. The lowest BCUT2D eigenvalue weighted by Gasteiger charge is -2.06. The Bertz CT molecular complexity index is 1170. The molecule has 0 aliphatic carbocycles. The fourth-order valence-corrected chi connectivity index (χ4v) is 3.67. The molecule has 7 nitrogen and oxygen atoms in total. The minimum absolute atomic E-state index is 0.0828. The van der Waals surface area contributed by atoms with Crippen molar-refractivity contribution in [3.8, 4) is 11.6 Å². The molecule has 0 radical (unpaired) electrons. The number of nitrogens with zero attached hydrogens (tertiary/aromatic N) is 2. The number of phenolic OH excluding ortho intramolecular Hbond substituents is 1. The summed E-state index contributed by atoms with van der Waals surface area (Å²) in [6, 6.07) is 13.5. The van der Waals surface area contributed by atoms with Crippen molar-refractivity contribution in [3.05, 3.63) is 68.6 Å². The standard InChI is InChI=1S/C20H15N3O4S/c24-14-7-5-13(6-8-14)22-18(25)11-23-19(26)17(28-20(23)27)9-12-10-21-16-4-2-1-3-15(12)16/h1-10,24,26H,11H2,(H,22,25)/b12-9+. The topological polar surface area (TPSA) is 104 Å². The SMILES string of the molecule is O=C(Cn1c(O)c(/C=C2\C=Nc3ccccc32)sc1=O)Nc1ccc(O)cc1. The fraction of sp³-hybridized carbons (Fsp3) is 0.0500. The largest absolute Gasteiger partial charge is 0.508 e. The average molecular weight is 393 g/mol. The van der Waals surface area contributed by atoms with Crippen LogP contribution in [0.5, 0.6) is 11.6 Å². The number of fused-ring (bicyclic) bond motifs is 1. The van der Waals surface area contributed by atoms with Gasteiger partial charge in [-0.2, -0.15) is 0 Å². The lowest BCUT2D eigenvalue weighted by atomic mass is 10.1. The smallest absolute Gasteiger partial charge is 0.311 e. The van der Waals surface area contributed by atoms with Gasteiger partial charge in [0.05, 0.1) is 10.6 Å². The van der Waals surface area contributed by atoms with Crippen LogP contribution in [0.15, 0.2) is 58.3 Å². The van der Waals surface area contributed by atoms with E-state index >= 15 is 0 Å². The van der Waals surface area contributed by atoms with Gasteiger partial charge in [0.15, 0.2) is 0 Å². The number of para-hydroxylation sites is 1. The van der Waals surface area contributed by atoms with Gasteiger partial charge in [-0.05, 0) is 36.4 Å². The Morgan fingerprint density at radius 1 is 1.14 bits per heavy atom. The summed E-state index contributed by atoms with van der Waals surface area (Å²) in [5.41, 5.74) is 3.01. The van der Waals surface area contributed by atoms with Crippen molar-refractivity contribution in [2.24, 2.45) is 4.99 Å². The molecule has 8 heteroatoms. The van der Waals surface area contributed by atoms with Gasteiger partial charge < -0.3 is 15.5 Å². The number of thiazole rings is 1. The zero-order valence-electron chi connectivity index (χ0n) is 14.5. The van der Waals surface area contributed by atoms with Crippen LogP contribution >= 0.6 is 11.3 Å². The highest BCUT2D eigenvalue weighted by atomic mass is 32.1. The van der Waals surface area contributed by atoms with E-state index in [-0.39, 0.29) is 18.2 Å². The number of carbonyl (C=O) groups is 1. The quantitative estimate of drug-likeness (QED) is 0.592. The number of nitrogens with one attached hydrogen (secondary N) is 1. The van der Waals surface area contributed by atoms with E-state index in [9.17, 15) is 19.8 Å². The summed E-state index contributed by atoms with van der Waals surface area (Å²) in [7, 11) is 0. The van der Waals surface area contributed by atoms with E-state index < -0.39 is 10.8 Å². The van der Waals surface area contributed by atoms with E-state index in [1.165, 1.54) is 24.3 Å². The van der Waals surface area contributed by atoms with Crippen molar-refractivity contribution < 1.29 is 15.0 Å². The number of aromatic nitrogens is 1. The molecular formula is C20H15N3O4S. The summed E-state index contributed by atoms with van der Waals surface area (Å²) in [6.45, 7) is -0.324. The van der Waals surface area contributed by atoms with Gasteiger partial charge in [-0.3, -0.25) is 19.1 Å². The van der Waals surface area contributed by atoms with E-state index in [1.54, 1.807) is 12.3 Å². The van der Waals surface area contributed by atoms with Gasteiger partial charge in [-0.15, -0.1) is 0 Å². The maximum atomic E-state index is 12.3. The average Bonchev–Trinajstić information content (AvgIpc) is 3.20. The molecule has 0 bridgehead atoms. The maximum Gasteiger partial charge on any atom is 0.311 e. The van der Waals surface area contributed by atoms with Crippen LogP contribution in [0.2, 0.25) is 0 Å². The van der Waals surface area contributed by atoms with Crippen LogP contribution in [-0.2, 0) is 11.3 Å². The first-order chi connectivity index (χ1) is 13.5. The second kappa shape index (κ2) is 7.16. The van der Waals surface area contributed by atoms with Gasteiger partial charge in [0, 0.05) is 23.0 Å². The summed E-state index contributed by atoms with van der Waals surface area (Å²) in [6.07, 6.45) is 3.36. The number of aromatic hydroxyl groups is 2. The van der Waals surface area contributed by atoms with Crippen LogP contribution in [0.1, 0.15) is 10.4 Å².